The molecule has 0 aliphatic heterocycles. The van der Waals surface area contributed by atoms with E-state index in [1.807, 2.05) is 0 Å². The maximum absolute atomic E-state index is 15.4. The third-order valence-electron chi connectivity index (χ3n) is 10.1. The van der Waals surface area contributed by atoms with E-state index in [9.17, 15) is 40.4 Å². The lowest BCUT2D eigenvalue weighted by Gasteiger charge is -2.24. The van der Waals surface area contributed by atoms with Gasteiger partial charge in [-0.3, -0.25) is 33.0 Å². The molecule has 0 radical (unpaired) electrons. The normalized spacial score (nSPS) is 17.4. The van der Waals surface area contributed by atoms with E-state index >= 15 is 8.78 Å². The fraction of sp³-hybridized carbons (Fsp3) is 0.278. The van der Waals surface area contributed by atoms with Crippen molar-refractivity contribution in [2.24, 2.45) is 18.7 Å². The van der Waals surface area contributed by atoms with Crippen LogP contribution < -0.4 is 21.3 Å². The van der Waals surface area contributed by atoms with Gasteiger partial charge in [-0.1, -0.05) is 17.7 Å². The standard InChI is InChI=1S/C36H28ClF6N9O5S/c1-50-29-23(7-6-21(37)26(29)33(48-50)49-58(2,56)57)52-34(46-27-17(32(44)54)4-3-5-18(27)35(52)55)22(10-14-8-15(38)11-16(39)9-14)45-24(53)13-51-30-25(28(47-51)31(40)41)19-12-20(19)36(30,42)43/h3-9,11,19-20,22,31H,10,12-13H2,1-2H3,(H2,44,54)(H,45,53)(H,48,49)/t19-,20+,22?/m0/s1. The van der Waals surface area contributed by atoms with E-state index in [0.717, 1.165) is 23.0 Å². The second-order valence-corrected chi connectivity index (χ2v) is 16.2. The van der Waals surface area contributed by atoms with Crippen LogP contribution in [0.25, 0.3) is 27.5 Å². The molecule has 1 fully saturated rings. The molecule has 3 atom stereocenters. The summed E-state index contributed by atoms with van der Waals surface area (Å²) in [7, 11) is -2.52. The third-order valence-corrected chi connectivity index (χ3v) is 11.0. The van der Waals surface area contributed by atoms with E-state index < -0.39 is 99.4 Å². The van der Waals surface area contributed by atoms with E-state index in [4.69, 9.17) is 17.3 Å². The zero-order chi connectivity index (χ0) is 41.7. The highest BCUT2D eigenvalue weighted by molar-refractivity contribution is 7.92. The summed E-state index contributed by atoms with van der Waals surface area (Å²) in [5, 5.41) is 10.3. The van der Waals surface area contributed by atoms with Gasteiger partial charge in [0.2, 0.25) is 15.9 Å². The quantitative estimate of drug-likeness (QED) is 0.150. The number of hydrogen-bond donors (Lipinski definition) is 3. The number of fused-ring (bicyclic) bond motifs is 5. The van der Waals surface area contributed by atoms with Gasteiger partial charge in [0, 0.05) is 31.0 Å². The SMILES string of the molecule is Cn1nc(NS(C)(=O)=O)c2c(Cl)ccc(-n3c(C(Cc4cc(F)cc(F)c4)NC(=O)Cn4nc(C(F)F)c5c4C(F)(F)[C@@H]4C[C@H]54)nc4c(C(N)=O)cccc4c3=O)c21. The lowest BCUT2D eigenvalue weighted by Crippen LogP contribution is -2.38. The predicted octanol–water partition coefficient (Wildman–Crippen LogP) is 5.12. The predicted molar refractivity (Wildman–Crippen MR) is 196 cm³/mol. The van der Waals surface area contributed by atoms with Crippen LogP contribution in [-0.4, -0.2) is 55.6 Å². The van der Waals surface area contributed by atoms with Gasteiger partial charge in [-0.2, -0.15) is 19.0 Å². The van der Waals surface area contributed by atoms with E-state index in [2.05, 4.69) is 25.2 Å². The van der Waals surface area contributed by atoms with Crippen LogP contribution in [0, 0.1) is 17.6 Å². The van der Waals surface area contributed by atoms with Crippen molar-refractivity contribution in [2.75, 3.05) is 11.0 Å². The van der Waals surface area contributed by atoms with Gasteiger partial charge in [-0.15, -0.1) is 0 Å². The van der Waals surface area contributed by atoms with Crippen LogP contribution in [0.4, 0.5) is 32.2 Å². The van der Waals surface area contributed by atoms with E-state index in [1.165, 1.54) is 42.1 Å². The van der Waals surface area contributed by atoms with Crippen molar-refractivity contribution >= 4 is 61.1 Å². The van der Waals surface area contributed by atoms with Gasteiger partial charge in [-0.25, -0.2) is 31.0 Å². The number of carbonyl (C=O) groups is 2. The zero-order valence-corrected chi connectivity index (χ0v) is 31.5. The molecule has 2 aliphatic carbocycles. The number of anilines is 1. The highest BCUT2D eigenvalue weighted by Gasteiger charge is 2.67. The number of sulfonamides is 1. The first-order valence-corrected chi connectivity index (χ1v) is 19.5. The molecule has 0 bridgehead atoms. The average molecular weight is 848 g/mol. The lowest BCUT2D eigenvalue weighted by molar-refractivity contribution is -0.123. The van der Waals surface area contributed by atoms with Crippen LogP contribution >= 0.6 is 11.6 Å². The molecular weight excluding hydrogens is 820 g/mol. The van der Waals surface area contributed by atoms with Crippen molar-refractivity contribution in [3.8, 4) is 5.69 Å². The van der Waals surface area contributed by atoms with Crippen LogP contribution in [0.1, 0.15) is 63.5 Å². The van der Waals surface area contributed by atoms with E-state index in [1.54, 1.807) is 0 Å². The molecule has 2 amide bonds. The van der Waals surface area contributed by atoms with Crippen molar-refractivity contribution in [3.63, 3.8) is 0 Å². The van der Waals surface area contributed by atoms with Gasteiger partial charge in [0.05, 0.1) is 50.4 Å². The number of nitrogens with zero attached hydrogens (tertiary/aromatic N) is 6. The highest BCUT2D eigenvalue weighted by Crippen LogP contribution is 2.68. The minimum atomic E-state index is -3.93. The summed E-state index contributed by atoms with van der Waals surface area (Å²) in [5.41, 5.74) is 2.13. The molecule has 3 aromatic heterocycles. The Balaban J connectivity index is 1.35. The van der Waals surface area contributed by atoms with Crippen LogP contribution in [-0.2, 0) is 40.8 Å². The van der Waals surface area contributed by atoms with Gasteiger partial charge in [0.15, 0.2) is 5.82 Å². The maximum atomic E-state index is 15.4. The molecule has 0 spiro atoms. The van der Waals surface area contributed by atoms with Gasteiger partial charge < -0.3 is 11.1 Å². The molecule has 22 heteroatoms. The number of primary amides is 1. The number of rotatable bonds is 11. The molecule has 4 N–H and O–H groups in total. The Morgan fingerprint density at radius 3 is 2.45 bits per heavy atom. The third kappa shape index (κ3) is 6.50. The number of hydrogen-bond acceptors (Lipinski definition) is 8. The van der Waals surface area contributed by atoms with Crippen LogP contribution in [0.5, 0.6) is 0 Å². The Morgan fingerprint density at radius 1 is 1.09 bits per heavy atom. The van der Waals surface area contributed by atoms with E-state index in [0.29, 0.717) is 10.7 Å². The molecule has 6 aromatic rings. The van der Waals surface area contributed by atoms with Gasteiger partial charge in [0.1, 0.15) is 35.4 Å². The summed E-state index contributed by atoms with van der Waals surface area (Å²) < 4.78 is 118. The number of benzene rings is 3. The number of aromatic nitrogens is 6. The molecule has 0 saturated heterocycles. The molecule has 3 heterocycles. The number of amides is 2. The van der Waals surface area contributed by atoms with Crippen molar-refractivity contribution < 1.29 is 44.3 Å². The minimum Gasteiger partial charge on any atom is -0.366 e. The number of alkyl halides is 4. The summed E-state index contributed by atoms with van der Waals surface area (Å²) in [6, 6.07) is 7.42. The lowest BCUT2D eigenvalue weighted by atomic mass is 10.0. The summed E-state index contributed by atoms with van der Waals surface area (Å²) in [6.07, 6.45) is -2.92. The molecule has 14 nitrogen and oxygen atoms in total. The number of para-hydroxylation sites is 1. The second-order valence-electron chi connectivity index (χ2n) is 14.1. The Kier molecular flexibility index (Phi) is 9.10. The van der Waals surface area contributed by atoms with Crippen molar-refractivity contribution in [2.45, 2.75) is 43.7 Å². The Hall–Kier alpha value is -5.96. The summed E-state index contributed by atoms with van der Waals surface area (Å²) in [4.78, 5) is 46.0. The van der Waals surface area contributed by atoms with Crippen LogP contribution in [0.2, 0.25) is 5.02 Å². The number of nitrogens with one attached hydrogen (secondary N) is 2. The molecular formula is C36H28ClF6N9O5S. The minimum absolute atomic E-state index is 0.0122. The largest absolute Gasteiger partial charge is 0.366 e. The summed E-state index contributed by atoms with van der Waals surface area (Å²) >= 11 is 6.55. The zero-order valence-electron chi connectivity index (χ0n) is 29.9. The molecule has 1 saturated carbocycles. The number of carbonyl (C=O) groups excluding carboxylic acids is 2. The second kappa shape index (κ2) is 13.6. The molecule has 8 rings (SSSR count). The fourth-order valence-electron chi connectivity index (χ4n) is 7.80. The van der Waals surface area contributed by atoms with Crippen molar-refractivity contribution in [1.29, 1.82) is 0 Å². The summed E-state index contributed by atoms with van der Waals surface area (Å²) in [5.74, 6) is -10.4. The Bertz CT molecular complexity index is 2910. The molecule has 58 heavy (non-hydrogen) atoms. The number of halogens is 7. The maximum Gasteiger partial charge on any atom is 0.293 e. The summed E-state index contributed by atoms with van der Waals surface area (Å²) in [6.45, 7) is -1.03. The monoisotopic (exact) mass is 847 g/mol. The van der Waals surface area contributed by atoms with Crippen molar-refractivity contribution in [3.05, 3.63) is 109 Å². The Labute approximate surface area is 327 Å². The van der Waals surface area contributed by atoms with Crippen LogP contribution in [0.3, 0.4) is 0 Å². The van der Waals surface area contributed by atoms with E-state index in [-0.39, 0.29) is 61.4 Å². The number of aryl methyl sites for hydroxylation is 1. The molecule has 2 aliphatic rings. The van der Waals surface area contributed by atoms with Crippen molar-refractivity contribution in [1.82, 2.24) is 34.4 Å². The Morgan fingerprint density at radius 2 is 1.79 bits per heavy atom. The first kappa shape index (κ1) is 38.9. The van der Waals surface area contributed by atoms with Gasteiger partial charge in [0.25, 0.3) is 23.8 Å². The van der Waals surface area contributed by atoms with Gasteiger partial charge in [-0.05, 0) is 54.3 Å². The molecule has 1 unspecified atom stereocenters. The fourth-order valence-corrected chi connectivity index (χ4v) is 8.54. The smallest absolute Gasteiger partial charge is 0.293 e. The van der Waals surface area contributed by atoms with Gasteiger partial charge >= 0.3 is 0 Å². The van der Waals surface area contributed by atoms with Crippen LogP contribution in [0.15, 0.2) is 53.3 Å². The first-order valence-electron chi connectivity index (χ1n) is 17.2. The molecule has 3 aromatic carbocycles. The molecule has 302 valence electrons. The highest BCUT2D eigenvalue weighted by atomic mass is 35.5. The average Bonchev–Trinajstić information content (AvgIpc) is 3.66. The topological polar surface area (TPSA) is 189 Å². The number of nitrogens with two attached hydrogens (primary N) is 1. The first-order chi connectivity index (χ1) is 27.2.